The number of aryl methyl sites for hydroxylation is 2. The van der Waals surface area contributed by atoms with Crippen LogP contribution in [0.2, 0.25) is 0 Å². The molecular formula is C49H53F9N10O6S4. The van der Waals surface area contributed by atoms with Gasteiger partial charge >= 0.3 is 18.5 Å². The van der Waals surface area contributed by atoms with E-state index in [-0.39, 0.29) is 48.2 Å². The van der Waals surface area contributed by atoms with Gasteiger partial charge in [-0.2, -0.15) is 39.5 Å². The first-order valence-electron chi connectivity index (χ1n) is 24.2. The molecule has 2 fully saturated rings. The molecule has 0 spiro atoms. The van der Waals surface area contributed by atoms with Gasteiger partial charge < -0.3 is 28.9 Å². The quantitative estimate of drug-likeness (QED) is 0.0516. The molecule has 2 amide bonds. The van der Waals surface area contributed by atoms with Crippen molar-refractivity contribution in [2.45, 2.75) is 64.8 Å². The van der Waals surface area contributed by atoms with E-state index in [1.165, 1.54) is 60.0 Å². The van der Waals surface area contributed by atoms with E-state index in [9.17, 15) is 39.5 Å². The smallest absolute Gasteiger partial charge is 0.422 e. The number of carbonyl (C=O) groups excluding carboxylic acids is 2. The summed E-state index contributed by atoms with van der Waals surface area (Å²) in [4.78, 5) is 56.8. The number of halogens is 9. The minimum absolute atomic E-state index is 0.0604. The van der Waals surface area contributed by atoms with E-state index in [4.69, 9.17) is 18.3 Å². The number of hydrogen-bond donors (Lipinski definition) is 2. The molecule has 2 unspecified atom stereocenters. The van der Waals surface area contributed by atoms with Crippen molar-refractivity contribution in [2.24, 2.45) is 0 Å². The number of aromatic nitrogens is 4. The largest absolute Gasteiger partial charge is 0.482 e. The Balaban J connectivity index is 1.09. The van der Waals surface area contributed by atoms with Gasteiger partial charge in [-0.15, -0.1) is 23.5 Å². The third-order valence-corrected chi connectivity index (χ3v) is 15.6. The van der Waals surface area contributed by atoms with E-state index >= 15 is 9.59 Å². The van der Waals surface area contributed by atoms with Gasteiger partial charge in [0, 0.05) is 99.3 Å². The van der Waals surface area contributed by atoms with Crippen LogP contribution >= 0.6 is 47.0 Å². The van der Waals surface area contributed by atoms with Crippen molar-refractivity contribution >= 4 is 92.4 Å². The molecule has 422 valence electrons. The number of para-hydroxylation sites is 2. The molecule has 0 aliphatic carbocycles. The molecule has 2 atom stereocenters. The molecule has 2 saturated heterocycles. The Kier molecular flexibility index (Phi) is 19.3. The van der Waals surface area contributed by atoms with Crippen molar-refractivity contribution in [1.29, 1.82) is 0 Å². The Labute approximate surface area is 458 Å². The van der Waals surface area contributed by atoms with Crippen LogP contribution in [0.5, 0.6) is 11.6 Å². The maximum absolute atomic E-state index is 15.4. The lowest BCUT2D eigenvalue weighted by Gasteiger charge is -2.46. The molecule has 2 N–H and O–H groups in total. The lowest BCUT2D eigenvalue weighted by molar-refractivity contribution is -0.154. The number of nitrogens with one attached hydrogen (secondary N) is 2. The second-order valence-corrected chi connectivity index (χ2v) is 21.8. The number of nitrogens with zero attached hydrogens (tertiary/aromatic N) is 8. The van der Waals surface area contributed by atoms with Gasteiger partial charge in [0.25, 0.3) is 10.4 Å². The van der Waals surface area contributed by atoms with E-state index in [2.05, 4.69) is 40.4 Å². The molecular weight excluding hydrogens is 1120 g/mol. The first-order valence-corrected chi connectivity index (χ1v) is 28.6. The van der Waals surface area contributed by atoms with Gasteiger partial charge in [-0.1, -0.05) is 35.7 Å². The summed E-state index contributed by atoms with van der Waals surface area (Å²) in [6, 6.07) is 10.4. The second kappa shape index (κ2) is 25.5. The van der Waals surface area contributed by atoms with Crippen molar-refractivity contribution in [3.05, 3.63) is 71.5 Å². The van der Waals surface area contributed by atoms with Gasteiger partial charge in [0.1, 0.15) is 33.8 Å². The third-order valence-electron chi connectivity index (χ3n) is 12.5. The highest BCUT2D eigenvalue weighted by molar-refractivity contribution is 7.99. The number of pyridine rings is 2. The van der Waals surface area contributed by atoms with Crippen LogP contribution in [0.4, 0.5) is 50.9 Å². The first kappa shape index (κ1) is 59.0. The SMILES string of the molecule is CSc1cc(C)nc(SC)c1NC(=O)C(C(C(=O)Nc1c(OCC(F)(F)F)cc(C)nc1OCC(F)(F)F)N1CCN(CCSc2nc3ccccc3o2)CC1)N1CCN(CCSc2nc3cc(C(F)(F)F)ccc3o2)CC1. The van der Waals surface area contributed by atoms with Crippen LogP contribution in [-0.4, -0.2) is 178 Å². The number of oxazole rings is 2. The fourth-order valence-corrected chi connectivity index (χ4v) is 11.8. The van der Waals surface area contributed by atoms with Gasteiger partial charge in [0.15, 0.2) is 30.1 Å². The average molecular weight is 1180 g/mol. The van der Waals surface area contributed by atoms with Crippen molar-refractivity contribution in [3.63, 3.8) is 0 Å². The van der Waals surface area contributed by atoms with Crippen LogP contribution in [-0.2, 0) is 15.8 Å². The van der Waals surface area contributed by atoms with Crippen LogP contribution in [0.25, 0.3) is 22.2 Å². The Morgan fingerprint density at radius 1 is 0.628 bits per heavy atom. The fourth-order valence-electron chi connectivity index (χ4n) is 8.82. The van der Waals surface area contributed by atoms with Crippen LogP contribution in [0.15, 0.2) is 83.8 Å². The summed E-state index contributed by atoms with van der Waals surface area (Å²) in [6.07, 6.45) is -10.8. The summed E-state index contributed by atoms with van der Waals surface area (Å²) in [6.45, 7) is 2.65. The number of carbonyl (C=O) groups is 2. The summed E-state index contributed by atoms with van der Waals surface area (Å²) in [5, 5.41) is 6.77. The topological polar surface area (TPSA) is 167 Å². The zero-order valence-electron chi connectivity index (χ0n) is 42.3. The summed E-state index contributed by atoms with van der Waals surface area (Å²) in [5.74, 6) is -2.11. The molecule has 4 aromatic heterocycles. The van der Waals surface area contributed by atoms with Crippen LogP contribution in [0.1, 0.15) is 17.0 Å². The zero-order chi connectivity index (χ0) is 55.9. The number of thioether (sulfide) groups is 4. The highest BCUT2D eigenvalue weighted by Crippen LogP contribution is 2.39. The van der Waals surface area contributed by atoms with Gasteiger partial charge in [-0.05, 0) is 62.8 Å². The average Bonchev–Trinajstić information content (AvgIpc) is 4.03. The zero-order valence-corrected chi connectivity index (χ0v) is 45.6. The molecule has 2 aromatic carbocycles. The van der Waals surface area contributed by atoms with E-state index < -0.39 is 78.5 Å². The van der Waals surface area contributed by atoms with Crippen molar-refractivity contribution in [3.8, 4) is 11.6 Å². The third kappa shape index (κ3) is 15.6. The number of ether oxygens (including phenoxy) is 2. The summed E-state index contributed by atoms with van der Waals surface area (Å²) in [5.41, 5.74) is 1.06. The maximum Gasteiger partial charge on any atom is 0.422 e. The van der Waals surface area contributed by atoms with Gasteiger partial charge in [0.2, 0.25) is 17.7 Å². The van der Waals surface area contributed by atoms with Crippen molar-refractivity contribution in [1.82, 2.24) is 39.5 Å². The Morgan fingerprint density at radius 2 is 1.15 bits per heavy atom. The minimum atomic E-state index is -4.92. The van der Waals surface area contributed by atoms with Gasteiger partial charge in [-0.25, -0.2) is 19.9 Å². The molecule has 78 heavy (non-hydrogen) atoms. The summed E-state index contributed by atoms with van der Waals surface area (Å²) < 4.78 is 144. The highest BCUT2D eigenvalue weighted by Gasteiger charge is 2.45. The van der Waals surface area contributed by atoms with E-state index in [0.29, 0.717) is 82.9 Å². The number of benzene rings is 2. The molecule has 29 heteroatoms. The molecule has 6 heterocycles. The Hall–Kier alpha value is -5.17. The number of rotatable bonds is 21. The van der Waals surface area contributed by atoms with Crippen LogP contribution in [0, 0.1) is 13.8 Å². The van der Waals surface area contributed by atoms with E-state index in [1.807, 2.05) is 35.4 Å². The number of piperazine rings is 2. The number of hydrogen-bond acceptors (Lipinski definition) is 18. The van der Waals surface area contributed by atoms with Crippen LogP contribution < -0.4 is 20.1 Å². The standard InChI is InChI=1S/C49H53F9N10O6S4/c1-28-23-35(71-26-47(50,51)52)37(43(59-28)72-27-48(53,54)55)63-41(69)39(67-15-11-65(12-16-67)19-21-77-45-61-31-7-5-6-8-33(31)73-45)40(42(70)64-38-36(75-3)24-29(2)60-44(38)76-4)68-17-13-66(14-18-68)20-22-78-46-62-32-25-30(49(56,57)58)9-10-34(32)74-46/h5-10,23-25,39-40H,11-22,26-27H2,1-4H3,(H,63,69)(H,64,70). The minimum Gasteiger partial charge on any atom is -0.482 e. The monoisotopic (exact) mass is 1180 g/mol. The molecule has 16 nitrogen and oxygen atoms in total. The lowest BCUT2D eigenvalue weighted by Crippen LogP contribution is -2.66. The van der Waals surface area contributed by atoms with Gasteiger partial charge in [0.05, 0.1) is 11.3 Å². The first-order chi connectivity index (χ1) is 37.0. The Morgan fingerprint density at radius 3 is 1.69 bits per heavy atom. The number of anilines is 2. The molecule has 6 aromatic rings. The van der Waals surface area contributed by atoms with Crippen molar-refractivity contribution in [2.75, 3.05) is 113 Å². The normalized spacial score (nSPS) is 16.4. The predicted molar refractivity (Wildman–Crippen MR) is 280 cm³/mol. The Bertz CT molecular complexity index is 2940. The summed E-state index contributed by atoms with van der Waals surface area (Å²) >= 11 is 5.28. The van der Waals surface area contributed by atoms with Crippen molar-refractivity contribution < 1.29 is 67.4 Å². The number of fused-ring (bicyclic) bond motifs is 2. The molecule has 2 aliphatic rings. The maximum atomic E-state index is 15.4. The number of amides is 2. The molecule has 8 rings (SSSR count). The summed E-state index contributed by atoms with van der Waals surface area (Å²) in [7, 11) is 0. The highest BCUT2D eigenvalue weighted by atomic mass is 32.2. The van der Waals surface area contributed by atoms with E-state index in [0.717, 1.165) is 23.7 Å². The second-order valence-electron chi connectivity index (χ2n) is 18.0. The van der Waals surface area contributed by atoms with Crippen LogP contribution in [0.3, 0.4) is 0 Å². The van der Waals surface area contributed by atoms with E-state index in [1.54, 1.807) is 24.1 Å². The molecule has 0 radical (unpaired) electrons. The van der Waals surface area contributed by atoms with Gasteiger partial charge in [-0.3, -0.25) is 29.2 Å². The molecule has 0 saturated carbocycles. The lowest BCUT2D eigenvalue weighted by atomic mass is 9.99. The molecule has 0 bridgehead atoms. The predicted octanol–water partition coefficient (Wildman–Crippen LogP) is 9.85. The fraction of sp³-hybridized carbons (Fsp3) is 0.469. The number of alkyl halides is 9. The molecule has 2 aliphatic heterocycles.